The molecule has 0 aromatic heterocycles. The molecule has 1 atom stereocenters. The van der Waals surface area contributed by atoms with Crippen molar-refractivity contribution in [2.75, 3.05) is 26.2 Å². The standard InChI is InChI=1S/C13H15NO.C6H11NO/c15-12-9-14(10-13(12)6-7-13)8-11-4-2-1-3-5-11;8-5-3-7-4-6(5)1-2-6/h1-5H,6-10H2;5,7-8H,1-4H2. The molecule has 2 saturated heterocycles. The van der Waals surface area contributed by atoms with Gasteiger partial charge in [-0.1, -0.05) is 30.3 Å². The van der Waals surface area contributed by atoms with Crippen LogP contribution in [0.1, 0.15) is 31.2 Å². The van der Waals surface area contributed by atoms with Crippen LogP contribution >= 0.6 is 0 Å². The van der Waals surface area contributed by atoms with Crippen molar-refractivity contribution in [2.24, 2.45) is 10.8 Å². The van der Waals surface area contributed by atoms with Crippen molar-refractivity contribution in [3.05, 3.63) is 35.9 Å². The lowest BCUT2D eigenvalue weighted by molar-refractivity contribution is -0.120. The van der Waals surface area contributed by atoms with Crippen molar-refractivity contribution >= 4 is 5.78 Å². The summed E-state index contributed by atoms with van der Waals surface area (Å²) in [4.78, 5) is 14.0. The summed E-state index contributed by atoms with van der Waals surface area (Å²) >= 11 is 0. The van der Waals surface area contributed by atoms with Gasteiger partial charge in [0.25, 0.3) is 0 Å². The highest BCUT2D eigenvalue weighted by molar-refractivity contribution is 5.91. The Labute approximate surface area is 137 Å². The summed E-state index contributed by atoms with van der Waals surface area (Å²) in [7, 11) is 0. The predicted octanol–water partition coefficient (Wildman–Crippen LogP) is 1.58. The van der Waals surface area contributed by atoms with E-state index in [4.69, 9.17) is 0 Å². The quantitative estimate of drug-likeness (QED) is 0.870. The smallest absolute Gasteiger partial charge is 0.154 e. The van der Waals surface area contributed by atoms with E-state index < -0.39 is 0 Å². The van der Waals surface area contributed by atoms with E-state index in [0.29, 0.717) is 17.7 Å². The number of likely N-dealkylation sites (tertiary alicyclic amines) is 1. The molecule has 23 heavy (non-hydrogen) atoms. The van der Waals surface area contributed by atoms with Gasteiger partial charge in [0, 0.05) is 37.0 Å². The average molecular weight is 314 g/mol. The molecule has 4 aliphatic rings. The number of aliphatic hydroxyl groups is 1. The summed E-state index contributed by atoms with van der Waals surface area (Å²) in [5.41, 5.74) is 1.75. The molecule has 0 radical (unpaired) electrons. The van der Waals surface area contributed by atoms with Crippen LogP contribution in [0.4, 0.5) is 0 Å². The summed E-state index contributed by atoms with van der Waals surface area (Å²) in [5, 5.41) is 12.4. The van der Waals surface area contributed by atoms with Crippen molar-refractivity contribution in [3.8, 4) is 0 Å². The molecule has 1 aromatic carbocycles. The lowest BCUT2D eigenvalue weighted by atomic mass is 10.0. The Kier molecular flexibility index (Phi) is 3.79. The van der Waals surface area contributed by atoms with E-state index in [0.717, 1.165) is 39.0 Å². The van der Waals surface area contributed by atoms with E-state index >= 15 is 0 Å². The first kappa shape index (κ1) is 15.3. The Bertz CT molecular complexity index is 578. The Morgan fingerprint density at radius 2 is 1.91 bits per heavy atom. The lowest BCUT2D eigenvalue weighted by Gasteiger charge is -2.14. The summed E-state index contributed by atoms with van der Waals surface area (Å²) in [6.45, 7) is 4.44. The first-order valence-corrected chi connectivity index (χ1v) is 8.80. The zero-order valence-electron chi connectivity index (χ0n) is 13.6. The van der Waals surface area contributed by atoms with Crippen LogP contribution in [0.2, 0.25) is 0 Å². The number of hydrogen-bond acceptors (Lipinski definition) is 4. The van der Waals surface area contributed by atoms with Crippen molar-refractivity contribution in [1.82, 2.24) is 10.2 Å². The van der Waals surface area contributed by atoms with Crippen LogP contribution in [-0.2, 0) is 11.3 Å². The second-order valence-corrected chi connectivity index (χ2v) is 7.84. The number of nitrogens with one attached hydrogen (secondary N) is 1. The molecule has 1 aromatic rings. The van der Waals surface area contributed by atoms with E-state index in [2.05, 4.69) is 34.5 Å². The van der Waals surface area contributed by atoms with Crippen LogP contribution in [-0.4, -0.2) is 48.1 Å². The summed E-state index contributed by atoms with van der Waals surface area (Å²) in [6, 6.07) is 10.4. The highest BCUT2D eigenvalue weighted by Gasteiger charge is 2.54. The van der Waals surface area contributed by atoms with Gasteiger partial charge in [-0.2, -0.15) is 0 Å². The van der Waals surface area contributed by atoms with Crippen molar-refractivity contribution in [2.45, 2.75) is 38.3 Å². The molecule has 2 N–H and O–H groups in total. The van der Waals surface area contributed by atoms with Gasteiger partial charge in [0.1, 0.15) is 0 Å². The van der Waals surface area contributed by atoms with Gasteiger partial charge in [0.15, 0.2) is 5.78 Å². The Morgan fingerprint density at radius 1 is 1.17 bits per heavy atom. The highest BCUT2D eigenvalue weighted by atomic mass is 16.3. The van der Waals surface area contributed by atoms with Gasteiger partial charge in [-0.25, -0.2) is 0 Å². The number of Topliss-reactive ketones (excluding diaryl/α,β-unsaturated/α-hetero) is 1. The van der Waals surface area contributed by atoms with E-state index in [9.17, 15) is 9.90 Å². The fourth-order valence-corrected chi connectivity index (χ4v) is 3.95. The zero-order chi connectivity index (χ0) is 15.9. The number of β-amino-alcohol motifs (C(OH)–C–C–N with tert-alkyl or cyclic N) is 1. The summed E-state index contributed by atoms with van der Waals surface area (Å²) in [6.07, 6.45) is 4.68. The van der Waals surface area contributed by atoms with Gasteiger partial charge in [0.2, 0.25) is 0 Å². The van der Waals surface area contributed by atoms with Crippen molar-refractivity contribution in [3.63, 3.8) is 0 Å². The lowest BCUT2D eigenvalue weighted by Crippen LogP contribution is -2.20. The van der Waals surface area contributed by atoms with E-state index in [1.54, 1.807) is 0 Å². The van der Waals surface area contributed by atoms with Gasteiger partial charge in [-0.15, -0.1) is 0 Å². The molecule has 124 valence electrons. The molecule has 2 heterocycles. The van der Waals surface area contributed by atoms with Gasteiger partial charge in [0.05, 0.1) is 12.6 Å². The SMILES string of the molecule is O=C1CN(Cc2ccccc2)CC12CC2.OC1CNCC12CC2. The van der Waals surface area contributed by atoms with Crippen LogP contribution < -0.4 is 5.32 Å². The number of ketones is 1. The summed E-state index contributed by atoms with van der Waals surface area (Å²) in [5.74, 6) is 0.471. The number of carbonyl (C=O) groups is 1. The monoisotopic (exact) mass is 314 g/mol. The molecule has 2 aliphatic carbocycles. The minimum absolute atomic E-state index is 0.0394. The fraction of sp³-hybridized carbons (Fsp3) is 0.632. The average Bonchev–Trinajstić information content (AvgIpc) is 3.42. The molecule has 4 heteroatoms. The molecule has 4 nitrogen and oxygen atoms in total. The zero-order valence-corrected chi connectivity index (χ0v) is 13.6. The molecule has 1 unspecified atom stereocenters. The molecule has 4 fully saturated rings. The second-order valence-electron chi connectivity index (χ2n) is 7.84. The number of nitrogens with zero attached hydrogens (tertiary/aromatic N) is 1. The molecule has 2 aliphatic heterocycles. The topological polar surface area (TPSA) is 52.6 Å². The fourth-order valence-electron chi connectivity index (χ4n) is 3.95. The minimum Gasteiger partial charge on any atom is -0.391 e. The van der Waals surface area contributed by atoms with Crippen LogP contribution in [0.15, 0.2) is 30.3 Å². The summed E-state index contributed by atoms with van der Waals surface area (Å²) < 4.78 is 0. The molecule has 2 spiro atoms. The maximum Gasteiger partial charge on any atom is 0.154 e. The number of carbonyl (C=O) groups excluding carboxylic acids is 1. The normalized spacial score (nSPS) is 29.6. The molecule has 2 saturated carbocycles. The Balaban J connectivity index is 0.000000142. The number of benzene rings is 1. The van der Waals surface area contributed by atoms with E-state index in [1.807, 2.05) is 6.07 Å². The van der Waals surface area contributed by atoms with E-state index in [1.165, 1.54) is 18.4 Å². The molecule has 0 amide bonds. The number of hydrogen-bond donors (Lipinski definition) is 2. The maximum atomic E-state index is 11.7. The van der Waals surface area contributed by atoms with Crippen molar-refractivity contribution in [1.29, 1.82) is 0 Å². The predicted molar refractivity (Wildman–Crippen MR) is 88.9 cm³/mol. The van der Waals surface area contributed by atoms with Crippen LogP contribution in [0, 0.1) is 10.8 Å². The molecular formula is C19H26N2O2. The third-order valence-corrected chi connectivity index (χ3v) is 6.00. The Morgan fingerprint density at radius 3 is 2.39 bits per heavy atom. The minimum atomic E-state index is -0.0394. The van der Waals surface area contributed by atoms with Gasteiger partial charge >= 0.3 is 0 Å². The van der Waals surface area contributed by atoms with E-state index in [-0.39, 0.29) is 11.5 Å². The number of rotatable bonds is 2. The van der Waals surface area contributed by atoms with Gasteiger partial charge in [-0.05, 0) is 31.2 Å². The van der Waals surface area contributed by atoms with Crippen molar-refractivity contribution < 1.29 is 9.90 Å². The Hall–Kier alpha value is -1.23. The van der Waals surface area contributed by atoms with Crippen LogP contribution in [0.25, 0.3) is 0 Å². The highest BCUT2D eigenvalue weighted by Crippen LogP contribution is 2.51. The first-order chi connectivity index (χ1) is 11.1. The molecule has 5 rings (SSSR count). The third kappa shape index (κ3) is 3.08. The van der Waals surface area contributed by atoms with Crippen LogP contribution in [0.5, 0.6) is 0 Å². The first-order valence-electron chi connectivity index (χ1n) is 8.80. The van der Waals surface area contributed by atoms with Gasteiger partial charge in [-0.3, -0.25) is 9.69 Å². The largest absolute Gasteiger partial charge is 0.391 e. The maximum absolute atomic E-state index is 11.7. The second kappa shape index (κ2) is 5.69. The van der Waals surface area contributed by atoms with Crippen LogP contribution in [0.3, 0.4) is 0 Å². The molecular weight excluding hydrogens is 288 g/mol. The number of aliphatic hydroxyl groups excluding tert-OH is 1. The van der Waals surface area contributed by atoms with Gasteiger partial charge < -0.3 is 10.4 Å². The molecule has 0 bridgehead atoms. The third-order valence-electron chi connectivity index (χ3n) is 6.00.